The number of likely N-dealkylation sites (tertiary alicyclic amines) is 2. The molecule has 0 atom stereocenters. The molecule has 0 unspecified atom stereocenters. The van der Waals surface area contributed by atoms with E-state index in [2.05, 4.69) is 9.80 Å². The van der Waals surface area contributed by atoms with Crippen LogP contribution in [0.1, 0.15) is 25.7 Å². The summed E-state index contributed by atoms with van der Waals surface area (Å²) in [6, 6.07) is 4.58. The Bertz CT molecular complexity index is 562. The zero-order chi connectivity index (χ0) is 16.2. The van der Waals surface area contributed by atoms with Crippen molar-refractivity contribution in [2.24, 2.45) is 0 Å². The molecule has 0 aliphatic carbocycles. The van der Waals surface area contributed by atoms with Crippen LogP contribution in [0.2, 0.25) is 5.02 Å². The van der Waals surface area contributed by atoms with E-state index < -0.39 is 0 Å². The van der Waals surface area contributed by atoms with E-state index in [1.807, 2.05) is 0 Å². The molecule has 0 spiro atoms. The van der Waals surface area contributed by atoms with E-state index in [0.717, 1.165) is 45.4 Å². The van der Waals surface area contributed by atoms with Crippen LogP contribution in [0.3, 0.4) is 0 Å². The van der Waals surface area contributed by atoms with E-state index in [1.54, 1.807) is 6.07 Å². The molecule has 2 heterocycles. The van der Waals surface area contributed by atoms with Crippen molar-refractivity contribution < 1.29 is 13.9 Å². The summed E-state index contributed by atoms with van der Waals surface area (Å²) in [5, 5.41) is 0.302. The van der Waals surface area contributed by atoms with E-state index >= 15 is 0 Å². The molecule has 4 nitrogen and oxygen atoms in total. The predicted octanol–water partition coefficient (Wildman–Crippen LogP) is 2.94. The van der Waals surface area contributed by atoms with Crippen molar-refractivity contribution in [1.82, 2.24) is 9.80 Å². The predicted molar refractivity (Wildman–Crippen MR) is 87.3 cm³/mol. The van der Waals surface area contributed by atoms with Crippen LogP contribution < -0.4 is 4.74 Å². The first kappa shape index (κ1) is 16.5. The summed E-state index contributed by atoms with van der Waals surface area (Å²) in [6.07, 6.45) is 3.78. The molecule has 2 fully saturated rings. The fraction of sp³-hybridized carbons (Fsp3) is 0.588. The number of benzene rings is 1. The molecule has 0 saturated carbocycles. The molecule has 1 amide bonds. The molecule has 2 saturated heterocycles. The van der Waals surface area contributed by atoms with Gasteiger partial charge in [-0.15, -0.1) is 0 Å². The highest BCUT2D eigenvalue weighted by Gasteiger charge is 2.30. The monoisotopic (exact) mass is 340 g/mol. The van der Waals surface area contributed by atoms with Crippen molar-refractivity contribution in [3.8, 4) is 5.75 Å². The first-order chi connectivity index (χ1) is 11.1. The summed E-state index contributed by atoms with van der Waals surface area (Å²) >= 11 is 5.94. The van der Waals surface area contributed by atoms with E-state index in [9.17, 15) is 9.18 Å². The van der Waals surface area contributed by atoms with Gasteiger partial charge in [-0.1, -0.05) is 11.6 Å². The Morgan fingerprint density at radius 3 is 2.70 bits per heavy atom. The Morgan fingerprint density at radius 1 is 1.26 bits per heavy atom. The zero-order valence-corrected chi connectivity index (χ0v) is 13.9. The Kier molecular flexibility index (Phi) is 5.38. The van der Waals surface area contributed by atoms with Crippen LogP contribution in [-0.2, 0) is 4.79 Å². The number of halogens is 2. The number of rotatable bonds is 5. The Hall–Kier alpha value is -1.33. The molecule has 0 N–H and O–H groups in total. The highest BCUT2D eigenvalue weighted by Crippen LogP contribution is 2.25. The van der Waals surface area contributed by atoms with Gasteiger partial charge in [0.25, 0.3) is 0 Å². The highest BCUT2D eigenvalue weighted by molar-refractivity contribution is 6.32. The van der Waals surface area contributed by atoms with Crippen molar-refractivity contribution in [3.63, 3.8) is 0 Å². The second kappa shape index (κ2) is 7.49. The molecule has 3 rings (SSSR count). The molecule has 23 heavy (non-hydrogen) atoms. The average molecular weight is 341 g/mol. The standard InChI is InChI=1S/C17H22ClFN2O2/c18-15-12-13(19)3-4-16(15)23-11-10-20-8-5-14(6-9-20)21-7-1-2-17(21)22/h3-4,12,14H,1-2,5-11H2. The van der Waals surface area contributed by atoms with Gasteiger partial charge in [-0.05, 0) is 37.5 Å². The third-order valence-corrected chi connectivity index (χ3v) is 4.96. The summed E-state index contributed by atoms with van der Waals surface area (Å²) in [6.45, 7) is 4.23. The molecule has 2 aliphatic rings. The first-order valence-electron chi connectivity index (χ1n) is 8.23. The zero-order valence-electron chi connectivity index (χ0n) is 13.1. The maximum Gasteiger partial charge on any atom is 0.222 e. The lowest BCUT2D eigenvalue weighted by atomic mass is 10.0. The van der Waals surface area contributed by atoms with Gasteiger partial charge in [0.1, 0.15) is 18.2 Å². The van der Waals surface area contributed by atoms with Gasteiger partial charge in [-0.3, -0.25) is 9.69 Å². The summed E-state index contributed by atoms with van der Waals surface area (Å²) in [5.41, 5.74) is 0. The van der Waals surface area contributed by atoms with Crippen LogP contribution in [0.4, 0.5) is 4.39 Å². The number of carbonyl (C=O) groups excluding carboxylic acids is 1. The van der Waals surface area contributed by atoms with Gasteiger partial charge < -0.3 is 9.64 Å². The second-order valence-electron chi connectivity index (χ2n) is 6.19. The van der Waals surface area contributed by atoms with Gasteiger partial charge in [0.05, 0.1) is 5.02 Å². The van der Waals surface area contributed by atoms with Crippen LogP contribution in [0.15, 0.2) is 18.2 Å². The molecule has 6 heteroatoms. The third-order valence-electron chi connectivity index (χ3n) is 4.67. The third kappa shape index (κ3) is 4.15. The van der Waals surface area contributed by atoms with Gasteiger partial charge in [0.15, 0.2) is 0 Å². The molecule has 126 valence electrons. The molecule has 1 aromatic rings. The quantitative estimate of drug-likeness (QED) is 0.826. The van der Waals surface area contributed by atoms with Crippen LogP contribution in [0.5, 0.6) is 5.75 Å². The average Bonchev–Trinajstić information content (AvgIpc) is 2.96. The molecular formula is C17H22ClFN2O2. The number of hydrogen-bond donors (Lipinski definition) is 0. The molecule has 2 aliphatic heterocycles. The molecular weight excluding hydrogens is 319 g/mol. The van der Waals surface area contributed by atoms with Crippen LogP contribution in [0.25, 0.3) is 0 Å². The van der Waals surface area contributed by atoms with Gasteiger partial charge >= 0.3 is 0 Å². The lowest BCUT2D eigenvalue weighted by Crippen LogP contribution is -2.46. The lowest BCUT2D eigenvalue weighted by Gasteiger charge is -2.36. The molecule has 0 aromatic heterocycles. The normalized spacial score (nSPS) is 20.3. The highest BCUT2D eigenvalue weighted by atomic mass is 35.5. The SMILES string of the molecule is O=C1CCCN1C1CCN(CCOc2ccc(F)cc2Cl)CC1. The fourth-order valence-electron chi connectivity index (χ4n) is 3.39. The van der Waals surface area contributed by atoms with Crippen LogP contribution in [0, 0.1) is 5.82 Å². The van der Waals surface area contributed by atoms with E-state index in [4.69, 9.17) is 16.3 Å². The second-order valence-corrected chi connectivity index (χ2v) is 6.59. The van der Waals surface area contributed by atoms with E-state index in [-0.39, 0.29) is 5.82 Å². The topological polar surface area (TPSA) is 32.8 Å². The largest absolute Gasteiger partial charge is 0.491 e. The fourth-order valence-corrected chi connectivity index (χ4v) is 3.61. The minimum atomic E-state index is -0.360. The van der Waals surface area contributed by atoms with Crippen molar-refractivity contribution in [1.29, 1.82) is 0 Å². The van der Waals surface area contributed by atoms with Gasteiger partial charge in [-0.25, -0.2) is 4.39 Å². The number of hydrogen-bond acceptors (Lipinski definition) is 3. The molecule has 1 aromatic carbocycles. The van der Waals surface area contributed by atoms with Crippen molar-refractivity contribution >= 4 is 17.5 Å². The number of amides is 1. The van der Waals surface area contributed by atoms with Gasteiger partial charge in [0.2, 0.25) is 5.91 Å². The van der Waals surface area contributed by atoms with Crippen molar-refractivity contribution in [2.75, 3.05) is 32.8 Å². The molecule has 0 bridgehead atoms. The smallest absolute Gasteiger partial charge is 0.222 e. The number of carbonyl (C=O) groups is 1. The minimum Gasteiger partial charge on any atom is -0.491 e. The minimum absolute atomic E-state index is 0.302. The summed E-state index contributed by atoms with van der Waals surface area (Å²) in [7, 11) is 0. The Morgan fingerprint density at radius 2 is 2.04 bits per heavy atom. The van der Waals surface area contributed by atoms with E-state index in [0.29, 0.717) is 35.7 Å². The van der Waals surface area contributed by atoms with Crippen LogP contribution >= 0.6 is 11.6 Å². The summed E-state index contributed by atoms with van der Waals surface area (Å²) in [5.74, 6) is 0.476. The first-order valence-corrected chi connectivity index (χ1v) is 8.61. The molecule has 0 radical (unpaired) electrons. The van der Waals surface area contributed by atoms with Crippen LogP contribution in [-0.4, -0.2) is 54.5 Å². The van der Waals surface area contributed by atoms with Gasteiger partial charge in [-0.2, -0.15) is 0 Å². The summed E-state index contributed by atoms with van der Waals surface area (Å²) in [4.78, 5) is 16.2. The Balaban J connectivity index is 1.40. The number of nitrogens with zero attached hydrogens (tertiary/aromatic N) is 2. The van der Waals surface area contributed by atoms with Crippen molar-refractivity contribution in [3.05, 3.63) is 29.0 Å². The summed E-state index contributed by atoms with van der Waals surface area (Å²) < 4.78 is 18.6. The Labute approximate surface area is 141 Å². The van der Waals surface area contributed by atoms with Crippen molar-refractivity contribution in [2.45, 2.75) is 31.7 Å². The maximum atomic E-state index is 13.0. The van der Waals surface area contributed by atoms with Gasteiger partial charge in [0, 0.05) is 38.6 Å². The van der Waals surface area contributed by atoms with E-state index in [1.165, 1.54) is 12.1 Å². The maximum absolute atomic E-state index is 13.0. The lowest BCUT2D eigenvalue weighted by molar-refractivity contribution is -0.130. The number of ether oxygens (including phenoxy) is 1. The number of piperidine rings is 1.